The maximum absolute atomic E-state index is 6.84. The van der Waals surface area contributed by atoms with Gasteiger partial charge in [-0.15, -0.1) is 11.3 Å². The van der Waals surface area contributed by atoms with Crippen LogP contribution < -0.4 is 0 Å². The summed E-state index contributed by atoms with van der Waals surface area (Å²) in [5.41, 5.74) is 3.27. The van der Waals surface area contributed by atoms with Gasteiger partial charge >= 0.3 is 0 Å². The third-order valence-corrected chi connectivity index (χ3v) is 12.2. The summed E-state index contributed by atoms with van der Waals surface area (Å²) in [5.74, 6) is 1.59. The van der Waals surface area contributed by atoms with Gasteiger partial charge in [0.15, 0.2) is 8.32 Å². The zero-order chi connectivity index (χ0) is 22.1. The van der Waals surface area contributed by atoms with Crippen molar-refractivity contribution in [1.82, 2.24) is 4.98 Å². The molecular weight excluding hydrogens is 474 g/mol. The van der Waals surface area contributed by atoms with Crippen LogP contribution in [0.15, 0.2) is 44.6 Å². The van der Waals surface area contributed by atoms with Gasteiger partial charge < -0.3 is 8.84 Å². The van der Waals surface area contributed by atoms with Gasteiger partial charge in [0.05, 0.1) is 15.6 Å². The Morgan fingerprint density at radius 2 is 1.77 bits per heavy atom. The van der Waals surface area contributed by atoms with E-state index in [4.69, 9.17) is 13.8 Å². The predicted octanol–water partition coefficient (Wildman–Crippen LogP) is 8.48. The summed E-state index contributed by atoms with van der Waals surface area (Å²) in [6, 6.07) is 12.6. The van der Waals surface area contributed by atoms with Crippen LogP contribution in [0.5, 0.6) is 0 Å². The van der Waals surface area contributed by atoms with Gasteiger partial charge in [-0.3, -0.25) is 0 Å². The average molecular weight is 507 g/mol. The summed E-state index contributed by atoms with van der Waals surface area (Å²) in [6.07, 6.45) is 1.79. The molecule has 0 radical (unpaired) electrons. The molecule has 0 saturated heterocycles. The lowest BCUT2D eigenvalue weighted by Gasteiger charge is -2.39. The quantitative estimate of drug-likeness (QED) is 0.302. The molecule has 0 spiro atoms. The molecule has 162 valence electrons. The molecular formula is C24H32BrNO2SSi. The van der Waals surface area contributed by atoms with E-state index in [0.717, 1.165) is 33.6 Å². The van der Waals surface area contributed by atoms with Crippen LogP contribution in [-0.4, -0.2) is 13.3 Å². The molecule has 6 heteroatoms. The topological polar surface area (TPSA) is 35.3 Å². The van der Waals surface area contributed by atoms with Gasteiger partial charge in [-0.05, 0) is 85.0 Å². The summed E-state index contributed by atoms with van der Waals surface area (Å²) in [7, 11) is -1.90. The number of hydrogen-bond acceptors (Lipinski definition) is 4. The van der Waals surface area contributed by atoms with Crippen LogP contribution >= 0.6 is 27.3 Å². The Balaban J connectivity index is 1.80. The van der Waals surface area contributed by atoms with Crippen LogP contribution in [0.2, 0.25) is 18.1 Å². The largest absolute Gasteiger partial charge is 0.441 e. The number of benzene rings is 1. The highest BCUT2D eigenvalue weighted by Crippen LogP contribution is 2.42. The second-order valence-corrected chi connectivity index (χ2v) is 16.7. The first-order valence-corrected chi connectivity index (χ1v) is 14.9. The Morgan fingerprint density at radius 1 is 1.10 bits per heavy atom. The fourth-order valence-corrected chi connectivity index (χ4v) is 5.92. The highest BCUT2D eigenvalue weighted by molar-refractivity contribution is 9.11. The fourth-order valence-electron chi connectivity index (χ4n) is 3.04. The second kappa shape index (κ2) is 9.11. The molecule has 0 saturated carbocycles. The molecule has 0 bridgehead atoms. The molecule has 3 rings (SSSR count). The minimum atomic E-state index is -1.90. The molecule has 0 fully saturated rings. The Hall–Kier alpha value is -1.21. The van der Waals surface area contributed by atoms with Crippen molar-refractivity contribution in [2.75, 3.05) is 0 Å². The number of aromatic nitrogens is 1. The van der Waals surface area contributed by atoms with Gasteiger partial charge in [-0.1, -0.05) is 38.5 Å². The number of nitrogens with zero attached hydrogens (tertiary/aromatic N) is 1. The predicted molar refractivity (Wildman–Crippen MR) is 133 cm³/mol. The number of rotatable bonds is 7. The minimum Gasteiger partial charge on any atom is -0.441 e. The van der Waals surface area contributed by atoms with E-state index < -0.39 is 8.32 Å². The van der Waals surface area contributed by atoms with Crippen molar-refractivity contribution in [3.05, 3.63) is 62.1 Å². The molecule has 0 amide bonds. The van der Waals surface area contributed by atoms with Crippen molar-refractivity contribution >= 4 is 35.6 Å². The number of halogens is 1. The zero-order valence-corrected chi connectivity index (χ0v) is 22.4. The highest BCUT2D eigenvalue weighted by atomic mass is 79.9. The molecule has 1 unspecified atom stereocenters. The van der Waals surface area contributed by atoms with Gasteiger partial charge in [0.1, 0.15) is 5.76 Å². The van der Waals surface area contributed by atoms with Gasteiger partial charge in [0, 0.05) is 10.4 Å². The van der Waals surface area contributed by atoms with E-state index in [2.05, 4.69) is 93.1 Å². The van der Waals surface area contributed by atoms with E-state index >= 15 is 0 Å². The zero-order valence-electron chi connectivity index (χ0n) is 19.0. The molecule has 1 aromatic carbocycles. The number of oxazole rings is 1. The maximum atomic E-state index is 6.84. The highest BCUT2D eigenvalue weighted by Gasteiger charge is 2.39. The lowest BCUT2D eigenvalue weighted by atomic mass is 10.1. The van der Waals surface area contributed by atoms with Crippen molar-refractivity contribution in [3.8, 4) is 11.5 Å². The number of hydrogen-bond donors (Lipinski definition) is 0. The van der Waals surface area contributed by atoms with Crippen LogP contribution in [-0.2, 0) is 10.8 Å². The fraction of sp³-hybridized carbons (Fsp3) is 0.458. The third kappa shape index (κ3) is 5.52. The summed E-state index contributed by atoms with van der Waals surface area (Å²) >= 11 is 5.37. The monoisotopic (exact) mass is 505 g/mol. The molecule has 1 atom stereocenters. The number of aryl methyl sites for hydroxylation is 3. The van der Waals surface area contributed by atoms with Crippen LogP contribution in [0.1, 0.15) is 55.2 Å². The molecule has 30 heavy (non-hydrogen) atoms. The van der Waals surface area contributed by atoms with Crippen molar-refractivity contribution in [3.63, 3.8) is 0 Å². The van der Waals surface area contributed by atoms with E-state index in [0.29, 0.717) is 5.89 Å². The molecule has 0 aliphatic heterocycles. The van der Waals surface area contributed by atoms with Gasteiger partial charge in [0.25, 0.3) is 0 Å². The molecule has 0 aliphatic rings. The summed E-state index contributed by atoms with van der Waals surface area (Å²) in [6.45, 7) is 15.6. The summed E-state index contributed by atoms with van der Waals surface area (Å²) in [5, 5.41) is 0.169. The SMILES string of the molecule is Cc1ccc(-c2nc(CCC(O[Si](C)(C)C(C)(C)C)c3ccc(Br)s3)c(C)o2)cc1. The van der Waals surface area contributed by atoms with Crippen LogP contribution in [0.4, 0.5) is 0 Å². The third-order valence-electron chi connectivity index (χ3n) is 5.99. The van der Waals surface area contributed by atoms with E-state index in [9.17, 15) is 0 Å². The van der Waals surface area contributed by atoms with Crippen molar-refractivity contribution in [2.24, 2.45) is 0 Å². The van der Waals surface area contributed by atoms with Crippen LogP contribution in [0.25, 0.3) is 11.5 Å². The summed E-state index contributed by atoms with van der Waals surface area (Å²) in [4.78, 5) is 6.08. The van der Waals surface area contributed by atoms with Crippen molar-refractivity contribution in [1.29, 1.82) is 0 Å². The molecule has 2 heterocycles. The van der Waals surface area contributed by atoms with Gasteiger partial charge in [-0.25, -0.2) is 4.98 Å². The minimum absolute atomic E-state index is 0.0705. The molecule has 3 aromatic rings. The smallest absolute Gasteiger partial charge is 0.226 e. The van der Waals surface area contributed by atoms with E-state index in [1.165, 1.54) is 10.4 Å². The first kappa shape index (κ1) is 23.5. The Kier molecular flexibility index (Phi) is 7.12. The molecule has 0 N–H and O–H groups in total. The van der Waals surface area contributed by atoms with E-state index in [1.54, 1.807) is 11.3 Å². The van der Waals surface area contributed by atoms with Crippen LogP contribution in [0.3, 0.4) is 0 Å². The second-order valence-electron chi connectivity index (χ2n) is 9.44. The lowest BCUT2D eigenvalue weighted by Crippen LogP contribution is -2.41. The first-order chi connectivity index (χ1) is 14.0. The van der Waals surface area contributed by atoms with E-state index in [-0.39, 0.29) is 11.1 Å². The van der Waals surface area contributed by atoms with Crippen LogP contribution in [0, 0.1) is 13.8 Å². The lowest BCUT2D eigenvalue weighted by molar-refractivity contribution is 0.177. The Morgan fingerprint density at radius 3 is 2.33 bits per heavy atom. The Bertz CT molecular complexity index is 986. The first-order valence-electron chi connectivity index (χ1n) is 10.4. The normalized spacial score (nSPS) is 13.6. The van der Waals surface area contributed by atoms with E-state index in [1.807, 2.05) is 6.92 Å². The van der Waals surface area contributed by atoms with Gasteiger partial charge in [0.2, 0.25) is 5.89 Å². The average Bonchev–Trinajstić information content (AvgIpc) is 3.24. The summed E-state index contributed by atoms with van der Waals surface area (Å²) < 4.78 is 14.0. The number of thiophene rings is 1. The van der Waals surface area contributed by atoms with Crippen molar-refractivity contribution < 1.29 is 8.84 Å². The van der Waals surface area contributed by atoms with Crippen molar-refractivity contribution in [2.45, 2.75) is 71.7 Å². The van der Waals surface area contributed by atoms with Gasteiger partial charge in [-0.2, -0.15) is 0 Å². The molecule has 0 aliphatic carbocycles. The maximum Gasteiger partial charge on any atom is 0.226 e. The molecule has 3 nitrogen and oxygen atoms in total. The molecule has 2 aromatic heterocycles. The Labute approximate surface area is 194 Å². The standard InChI is InChI=1S/C24H32BrNO2SSi/c1-16-8-10-18(11-9-16)23-26-19(17(2)27-23)12-13-20(21-14-15-22(25)29-21)28-30(6,7)24(3,4)5/h8-11,14-15,20H,12-13H2,1-7H3.